The number of nitrogens with one attached hydrogen (secondary N) is 1. The maximum absolute atomic E-state index is 13.6. The zero-order valence-electron chi connectivity index (χ0n) is 18.8. The maximum Gasteiger partial charge on any atom is 0.272 e. The fourth-order valence-electron chi connectivity index (χ4n) is 5.12. The molecule has 34 heavy (non-hydrogen) atoms. The van der Waals surface area contributed by atoms with E-state index in [1.807, 2.05) is 30.3 Å². The summed E-state index contributed by atoms with van der Waals surface area (Å²) in [5.41, 5.74) is 6.33. The fourth-order valence-corrected chi connectivity index (χ4v) is 5.12. The summed E-state index contributed by atoms with van der Waals surface area (Å²) in [6.07, 6.45) is 5.29. The number of rotatable bonds is 4. The van der Waals surface area contributed by atoms with E-state index in [1.54, 1.807) is 29.4 Å². The molecule has 7 heteroatoms. The van der Waals surface area contributed by atoms with Crippen molar-refractivity contribution in [1.82, 2.24) is 10.3 Å². The van der Waals surface area contributed by atoms with Gasteiger partial charge in [0, 0.05) is 54.4 Å². The normalized spacial score (nSPS) is 19.0. The average molecular weight is 452 g/mol. The highest BCUT2D eigenvalue weighted by molar-refractivity contribution is 6.21. The van der Waals surface area contributed by atoms with Crippen LogP contribution in [0.3, 0.4) is 0 Å². The van der Waals surface area contributed by atoms with E-state index in [1.165, 1.54) is 18.5 Å². The van der Waals surface area contributed by atoms with Gasteiger partial charge in [0.05, 0.1) is 11.4 Å². The Morgan fingerprint density at radius 1 is 0.971 bits per heavy atom. The molecule has 1 fully saturated rings. The summed E-state index contributed by atoms with van der Waals surface area (Å²) in [5.74, 6) is -0.553. The highest BCUT2D eigenvalue weighted by Gasteiger charge is 2.38. The van der Waals surface area contributed by atoms with Crippen molar-refractivity contribution in [2.75, 3.05) is 29.4 Å². The summed E-state index contributed by atoms with van der Waals surface area (Å²) in [5, 5.41) is 2.86. The van der Waals surface area contributed by atoms with Gasteiger partial charge in [-0.1, -0.05) is 30.3 Å². The lowest BCUT2D eigenvalue weighted by Gasteiger charge is -2.23. The van der Waals surface area contributed by atoms with Crippen LogP contribution in [0.5, 0.6) is 0 Å². The van der Waals surface area contributed by atoms with Gasteiger partial charge in [0.15, 0.2) is 0 Å². The molecule has 0 bridgehead atoms. The van der Waals surface area contributed by atoms with Crippen molar-refractivity contribution in [1.29, 1.82) is 0 Å². The third-order valence-electron chi connectivity index (χ3n) is 6.79. The van der Waals surface area contributed by atoms with Crippen LogP contribution in [0.1, 0.15) is 39.9 Å². The Morgan fingerprint density at radius 2 is 1.74 bits per heavy atom. The molecule has 0 radical (unpaired) electrons. The number of pyridine rings is 1. The van der Waals surface area contributed by atoms with Crippen molar-refractivity contribution in [3.05, 3.63) is 89.2 Å². The van der Waals surface area contributed by atoms with Crippen LogP contribution in [0.4, 0.5) is 11.4 Å². The molecule has 3 aliphatic heterocycles. The Balaban J connectivity index is 1.48. The molecule has 0 saturated carbocycles. The van der Waals surface area contributed by atoms with E-state index < -0.39 is 6.17 Å². The minimum Gasteiger partial charge on any atom is -0.372 e. The summed E-state index contributed by atoms with van der Waals surface area (Å²) < 4.78 is 0. The van der Waals surface area contributed by atoms with Gasteiger partial charge in [-0.15, -0.1) is 0 Å². The van der Waals surface area contributed by atoms with Gasteiger partial charge in [-0.3, -0.25) is 14.6 Å². The molecule has 3 aromatic rings. The predicted octanol–water partition coefficient (Wildman–Crippen LogP) is 3.18. The molecule has 4 heterocycles. The van der Waals surface area contributed by atoms with Crippen molar-refractivity contribution in [2.24, 2.45) is 4.99 Å². The van der Waals surface area contributed by atoms with E-state index in [4.69, 9.17) is 4.99 Å². The summed E-state index contributed by atoms with van der Waals surface area (Å²) in [6, 6.07) is 17.6. The molecular weight excluding hydrogens is 426 g/mol. The molecule has 0 spiro atoms. The molecule has 1 N–H and O–H groups in total. The molecule has 6 rings (SSSR count). The van der Waals surface area contributed by atoms with Gasteiger partial charge in [0.2, 0.25) is 6.17 Å². The number of carbonyl (C=O) groups is 2. The second kappa shape index (κ2) is 8.41. The number of nitrogens with zero attached hydrogens (tertiary/aromatic N) is 4. The zero-order chi connectivity index (χ0) is 23.1. The largest absolute Gasteiger partial charge is 0.372 e. The van der Waals surface area contributed by atoms with Gasteiger partial charge in [0.1, 0.15) is 0 Å². The standard InChI is InChI=1S/C27H25N5O2/c33-26(19-8-11-28-12-9-19)30-25-27(34)32-15-10-20-16-21(31-13-4-5-14-31)17-22(24(20)32)23(29-25)18-6-2-1-3-7-18/h1-3,6-9,11-12,16-17,25H,4-5,10,13-15H2,(H,30,33)/t25-/m0/s1. The molecule has 3 aliphatic rings. The molecule has 2 amide bonds. The fraction of sp³-hybridized carbons (Fsp3) is 0.259. The Kier molecular flexibility index (Phi) is 5.09. The first-order valence-corrected chi connectivity index (χ1v) is 11.8. The minimum absolute atomic E-state index is 0.206. The molecule has 1 saturated heterocycles. The third-order valence-corrected chi connectivity index (χ3v) is 6.79. The zero-order valence-corrected chi connectivity index (χ0v) is 18.8. The molecule has 0 aliphatic carbocycles. The Morgan fingerprint density at radius 3 is 2.50 bits per heavy atom. The second-order valence-electron chi connectivity index (χ2n) is 8.89. The lowest BCUT2D eigenvalue weighted by atomic mass is 9.97. The van der Waals surface area contributed by atoms with Crippen LogP contribution in [-0.2, 0) is 11.2 Å². The number of benzene rings is 2. The number of carbonyl (C=O) groups excluding carboxylic acids is 2. The highest BCUT2D eigenvalue weighted by atomic mass is 16.2. The second-order valence-corrected chi connectivity index (χ2v) is 8.89. The first-order valence-electron chi connectivity index (χ1n) is 11.8. The Labute approximate surface area is 198 Å². The summed E-state index contributed by atoms with van der Waals surface area (Å²) in [6.45, 7) is 2.68. The first kappa shape index (κ1) is 20.6. The molecule has 7 nitrogen and oxygen atoms in total. The number of anilines is 2. The monoisotopic (exact) mass is 451 g/mol. The summed E-state index contributed by atoms with van der Waals surface area (Å²) in [7, 11) is 0. The van der Waals surface area contributed by atoms with Crippen LogP contribution in [0.15, 0.2) is 72.0 Å². The van der Waals surface area contributed by atoms with Crippen LogP contribution < -0.4 is 15.1 Å². The molecule has 2 aromatic carbocycles. The maximum atomic E-state index is 13.6. The van der Waals surface area contributed by atoms with Crippen LogP contribution in [0.2, 0.25) is 0 Å². The molecule has 1 atom stereocenters. The first-order chi connectivity index (χ1) is 16.7. The highest BCUT2D eigenvalue weighted by Crippen LogP contribution is 2.40. The van der Waals surface area contributed by atoms with Crippen molar-refractivity contribution >= 4 is 28.9 Å². The van der Waals surface area contributed by atoms with Crippen molar-refractivity contribution in [3.63, 3.8) is 0 Å². The van der Waals surface area contributed by atoms with Gasteiger partial charge < -0.3 is 15.1 Å². The van der Waals surface area contributed by atoms with E-state index in [9.17, 15) is 9.59 Å². The van der Waals surface area contributed by atoms with Crippen LogP contribution in [0.25, 0.3) is 0 Å². The van der Waals surface area contributed by atoms with Crippen molar-refractivity contribution in [3.8, 4) is 0 Å². The number of aliphatic imine (C=N–C) groups is 1. The molecule has 1 aromatic heterocycles. The number of hydrogen-bond donors (Lipinski definition) is 1. The van der Waals surface area contributed by atoms with Gasteiger partial charge in [-0.25, -0.2) is 4.99 Å². The minimum atomic E-state index is -1.01. The summed E-state index contributed by atoms with van der Waals surface area (Å²) >= 11 is 0. The topological polar surface area (TPSA) is 77.9 Å². The van der Waals surface area contributed by atoms with Crippen molar-refractivity contribution in [2.45, 2.75) is 25.4 Å². The average Bonchev–Trinajstić information content (AvgIpc) is 3.55. The van der Waals surface area contributed by atoms with E-state index >= 15 is 0 Å². The number of amides is 2. The Hall–Kier alpha value is -4.00. The number of hydrogen-bond acceptors (Lipinski definition) is 5. The molecular formula is C27H25N5O2. The van der Waals surface area contributed by atoms with Gasteiger partial charge in [0.25, 0.3) is 11.8 Å². The quantitative estimate of drug-likeness (QED) is 0.661. The lowest BCUT2D eigenvalue weighted by molar-refractivity contribution is -0.120. The Bertz CT molecular complexity index is 1280. The van der Waals surface area contributed by atoms with Crippen molar-refractivity contribution < 1.29 is 9.59 Å². The van der Waals surface area contributed by atoms with E-state index in [-0.39, 0.29) is 11.8 Å². The molecule has 0 unspecified atom stereocenters. The molecule has 170 valence electrons. The third kappa shape index (κ3) is 3.53. The number of aromatic nitrogens is 1. The van der Waals surface area contributed by atoms with Gasteiger partial charge in [-0.05, 0) is 49.1 Å². The van der Waals surface area contributed by atoms with E-state index in [0.717, 1.165) is 47.6 Å². The van der Waals surface area contributed by atoms with Crippen LogP contribution >= 0.6 is 0 Å². The summed E-state index contributed by atoms with van der Waals surface area (Å²) in [4.78, 5) is 39.6. The van der Waals surface area contributed by atoms with Crippen LogP contribution in [-0.4, -0.2) is 48.3 Å². The predicted molar refractivity (Wildman–Crippen MR) is 132 cm³/mol. The SMILES string of the molecule is O=C(N[C@@H]1N=C(c2ccccc2)c2cc(N3CCCC3)cc3c2N(CC3)C1=O)c1ccncc1. The smallest absolute Gasteiger partial charge is 0.272 e. The lowest BCUT2D eigenvalue weighted by Crippen LogP contribution is -2.46. The van der Waals surface area contributed by atoms with E-state index in [2.05, 4.69) is 27.3 Å². The van der Waals surface area contributed by atoms with Crippen LogP contribution in [0, 0.1) is 0 Å². The van der Waals surface area contributed by atoms with E-state index in [0.29, 0.717) is 12.1 Å². The van der Waals surface area contributed by atoms with Gasteiger partial charge >= 0.3 is 0 Å². The van der Waals surface area contributed by atoms with Gasteiger partial charge in [-0.2, -0.15) is 0 Å².